The zero-order valence-corrected chi connectivity index (χ0v) is 16.8. The number of alkyl halides is 2. The summed E-state index contributed by atoms with van der Waals surface area (Å²) in [6.07, 6.45) is 0. The zero-order valence-electron chi connectivity index (χ0n) is 15.2. The first-order valence-electron chi connectivity index (χ1n) is 9.21. The molecule has 0 amide bonds. The number of hydrogen-bond acceptors (Lipinski definition) is 1. The molecule has 0 unspecified atom stereocenters. The molecule has 1 aliphatic carbocycles. The molecule has 3 heteroatoms. The number of fused-ring (bicyclic) bond motifs is 2. The number of benzene rings is 3. The van der Waals surface area contributed by atoms with Crippen molar-refractivity contribution in [2.45, 2.75) is 29.7 Å². The van der Waals surface area contributed by atoms with Crippen LogP contribution in [-0.2, 0) is 5.60 Å². The first-order valence-corrected chi connectivity index (χ1v) is 9.97. The average Bonchev–Trinajstić information content (AvgIpc) is 3.09. The van der Waals surface area contributed by atoms with Crippen LogP contribution in [0.1, 0.15) is 35.1 Å². The molecule has 1 saturated carbocycles. The average molecular weight is 395 g/mol. The molecule has 5 rings (SSSR count). The summed E-state index contributed by atoms with van der Waals surface area (Å²) in [6.45, 7) is 4.25. The Morgan fingerprint density at radius 1 is 0.815 bits per heavy atom. The molecular weight excluding hydrogens is 375 g/mol. The van der Waals surface area contributed by atoms with Crippen LogP contribution in [0.15, 0.2) is 78.9 Å². The van der Waals surface area contributed by atoms with E-state index in [9.17, 15) is 0 Å². The number of rotatable bonds is 2. The smallest absolute Gasteiger partial charge is 0.177 e. The van der Waals surface area contributed by atoms with Crippen molar-refractivity contribution >= 4 is 23.2 Å². The van der Waals surface area contributed by atoms with Gasteiger partial charge < -0.3 is 4.74 Å². The molecule has 0 saturated heterocycles. The molecule has 27 heavy (non-hydrogen) atoms. The van der Waals surface area contributed by atoms with E-state index in [0.29, 0.717) is 0 Å². The third kappa shape index (κ3) is 1.97. The molecule has 0 bridgehead atoms. The Labute approximate surface area is 169 Å². The second kappa shape index (κ2) is 5.53. The second-order valence-electron chi connectivity index (χ2n) is 7.81. The van der Waals surface area contributed by atoms with Crippen LogP contribution in [0.3, 0.4) is 0 Å². The van der Waals surface area contributed by atoms with Crippen LogP contribution >= 0.6 is 23.2 Å². The van der Waals surface area contributed by atoms with E-state index in [1.807, 2.05) is 30.3 Å². The lowest BCUT2D eigenvalue weighted by Gasteiger charge is -2.36. The van der Waals surface area contributed by atoms with Crippen molar-refractivity contribution in [2.24, 2.45) is 5.41 Å². The minimum absolute atomic E-state index is 0.0401. The van der Waals surface area contributed by atoms with Crippen molar-refractivity contribution in [2.75, 3.05) is 0 Å². The van der Waals surface area contributed by atoms with Crippen LogP contribution in [0.5, 0.6) is 5.75 Å². The molecule has 1 fully saturated rings. The fourth-order valence-corrected chi connectivity index (χ4v) is 6.02. The highest BCUT2D eigenvalue weighted by Crippen LogP contribution is 2.85. The van der Waals surface area contributed by atoms with Crippen molar-refractivity contribution in [3.05, 3.63) is 101 Å². The maximum absolute atomic E-state index is 7.05. The Balaban J connectivity index is 1.79. The summed E-state index contributed by atoms with van der Waals surface area (Å²) in [6, 6.07) is 27.0. The lowest BCUT2D eigenvalue weighted by Crippen LogP contribution is -2.33. The van der Waals surface area contributed by atoms with Gasteiger partial charge in [-0.3, -0.25) is 0 Å². The lowest BCUT2D eigenvalue weighted by molar-refractivity contribution is 0.102. The standard InChI is InChI=1S/C24H20Cl2O/c1-16-12-14-17(15-13-16)21-19-10-6-7-11-20(19)27-23(18-8-4-3-5-9-18)22(21,2)24(23,25)26/h3-15,21H,1-2H3/t21-,22+,23-/m0/s1. The summed E-state index contributed by atoms with van der Waals surface area (Å²) >= 11 is 14.1. The van der Waals surface area contributed by atoms with Gasteiger partial charge in [0.25, 0.3) is 0 Å². The summed E-state index contributed by atoms with van der Waals surface area (Å²) in [4.78, 5) is 0. The number of halogens is 2. The number of para-hydroxylation sites is 1. The third-order valence-corrected chi connectivity index (χ3v) is 7.74. The number of aryl methyl sites for hydroxylation is 1. The van der Waals surface area contributed by atoms with Crippen molar-refractivity contribution < 1.29 is 4.74 Å². The summed E-state index contributed by atoms with van der Waals surface area (Å²) in [5, 5.41) is 0. The van der Waals surface area contributed by atoms with Gasteiger partial charge in [0.05, 0.1) is 5.41 Å². The first-order chi connectivity index (χ1) is 12.9. The van der Waals surface area contributed by atoms with Crippen LogP contribution in [0.25, 0.3) is 0 Å². The number of hydrogen-bond donors (Lipinski definition) is 0. The predicted octanol–water partition coefficient (Wildman–Crippen LogP) is 6.61. The molecule has 3 aromatic carbocycles. The van der Waals surface area contributed by atoms with Crippen LogP contribution in [-0.4, -0.2) is 4.33 Å². The normalized spacial score (nSPS) is 30.0. The Morgan fingerprint density at radius 3 is 2.15 bits per heavy atom. The molecule has 1 nitrogen and oxygen atoms in total. The Hall–Kier alpha value is -1.96. The molecule has 1 aliphatic heterocycles. The molecule has 3 atom stereocenters. The Kier molecular flexibility index (Phi) is 3.51. The van der Waals surface area contributed by atoms with E-state index in [4.69, 9.17) is 27.9 Å². The SMILES string of the molecule is Cc1ccc([C@H]2c3ccccc3O[C@]3(c4ccccc4)C(Cl)(Cl)[C@]23C)cc1. The van der Waals surface area contributed by atoms with Gasteiger partial charge in [-0.25, -0.2) is 0 Å². The Bertz CT molecular complexity index is 1010. The van der Waals surface area contributed by atoms with Gasteiger partial charge in [-0.1, -0.05) is 108 Å². The quantitative estimate of drug-likeness (QED) is 0.444. The highest BCUT2D eigenvalue weighted by molar-refractivity contribution is 6.53. The molecule has 136 valence electrons. The molecule has 3 aromatic rings. The van der Waals surface area contributed by atoms with E-state index in [2.05, 4.69) is 62.4 Å². The van der Waals surface area contributed by atoms with Crippen LogP contribution in [0.2, 0.25) is 0 Å². The first kappa shape index (κ1) is 17.2. The summed E-state index contributed by atoms with van der Waals surface area (Å²) in [5.74, 6) is 0.894. The maximum Gasteiger partial charge on any atom is 0.177 e. The van der Waals surface area contributed by atoms with Crippen LogP contribution in [0, 0.1) is 12.3 Å². The molecular formula is C24H20Cl2O. The van der Waals surface area contributed by atoms with Crippen molar-refractivity contribution in [3.63, 3.8) is 0 Å². The van der Waals surface area contributed by atoms with Gasteiger partial charge in [0, 0.05) is 11.5 Å². The maximum atomic E-state index is 7.05. The van der Waals surface area contributed by atoms with Crippen molar-refractivity contribution in [1.82, 2.24) is 0 Å². The van der Waals surface area contributed by atoms with E-state index in [1.165, 1.54) is 11.1 Å². The topological polar surface area (TPSA) is 9.23 Å². The fourth-order valence-electron chi connectivity index (χ4n) is 4.94. The van der Waals surface area contributed by atoms with Gasteiger partial charge in [0.1, 0.15) is 5.75 Å². The van der Waals surface area contributed by atoms with Gasteiger partial charge in [0.2, 0.25) is 0 Å². The predicted molar refractivity (Wildman–Crippen MR) is 111 cm³/mol. The molecule has 0 aromatic heterocycles. The highest BCUT2D eigenvalue weighted by Gasteiger charge is 2.91. The largest absolute Gasteiger partial charge is 0.478 e. The van der Waals surface area contributed by atoms with Gasteiger partial charge in [-0.2, -0.15) is 0 Å². The van der Waals surface area contributed by atoms with E-state index >= 15 is 0 Å². The monoisotopic (exact) mass is 394 g/mol. The van der Waals surface area contributed by atoms with Crippen molar-refractivity contribution in [3.8, 4) is 5.75 Å². The Morgan fingerprint density at radius 2 is 1.44 bits per heavy atom. The summed E-state index contributed by atoms with van der Waals surface area (Å²) < 4.78 is 5.56. The minimum atomic E-state index is -1.05. The molecule has 1 heterocycles. The fraction of sp³-hybridized carbons (Fsp3) is 0.250. The van der Waals surface area contributed by atoms with E-state index in [1.54, 1.807) is 0 Å². The minimum Gasteiger partial charge on any atom is -0.478 e. The molecule has 2 aliphatic rings. The van der Waals surface area contributed by atoms with Crippen LogP contribution in [0.4, 0.5) is 0 Å². The van der Waals surface area contributed by atoms with Gasteiger partial charge >= 0.3 is 0 Å². The molecule has 0 radical (unpaired) electrons. The summed E-state index contributed by atoms with van der Waals surface area (Å²) in [5.41, 5.74) is 3.32. The lowest BCUT2D eigenvalue weighted by atomic mass is 9.74. The van der Waals surface area contributed by atoms with Crippen molar-refractivity contribution in [1.29, 1.82) is 0 Å². The second-order valence-corrected chi connectivity index (χ2v) is 9.13. The van der Waals surface area contributed by atoms with Gasteiger partial charge in [-0.05, 0) is 24.1 Å². The van der Waals surface area contributed by atoms with Gasteiger partial charge in [0.15, 0.2) is 9.93 Å². The van der Waals surface area contributed by atoms with Gasteiger partial charge in [-0.15, -0.1) is 0 Å². The third-order valence-electron chi connectivity index (χ3n) is 6.42. The number of ether oxygens (including phenoxy) is 1. The molecule has 0 N–H and O–H groups in total. The van der Waals surface area contributed by atoms with E-state index in [-0.39, 0.29) is 5.92 Å². The van der Waals surface area contributed by atoms with Crippen LogP contribution < -0.4 is 4.74 Å². The highest BCUT2D eigenvalue weighted by atomic mass is 35.5. The molecule has 0 spiro atoms. The van der Waals surface area contributed by atoms with E-state index in [0.717, 1.165) is 16.9 Å². The summed E-state index contributed by atoms with van der Waals surface area (Å²) in [7, 11) is 0. The zero-order chi connectivity index (χ0) is 18.9. The van der Waals surface area contributed by atoms with E-state index < -0.39 is 15.3 Å².